The van der Waals surface area contributed by atoms with E-state index in [0.717, 1.165) is 13.1 Å². The van der Waals surface area contributed by atoms with Crippen LogP contribution in [0.1, 0.15) is 17.4 Å². The molecule has 1 aromatic rings. The lowest BCUT2D eigenvalue weighted by Gasteiger charge is -2.31. The predicted octanol–water partition coefficient (Wildman–Crippen LogP) is 0.994. The van der Waals surface area contributed by atoms with Crippen LogP contribution >= 0.6 is 0 Å². The zero-order chi connectivity index (χ0) is 13.0. The summed E-state index contributed by atoms with van der Waals surface area (Å²) in [5, 5.41) is 0. The third kappa shape index (κ3) is 2.68. The van der Waals surface area contributed by atoms with Crippen LogP contribution in [0.25, 0.3) is 0 Å². The maximum Gasteiger partial charge on any atom is 0.214 e. The van der Waals surface area contributed by atoms with Crippen LogP contribution in [-0.4, -0.2) is 55.1 Å². The molecule has 0 amide bonds. The van der Waals surface area contributed by atoms with Gasteiger partial charge in [0.15, 0.2) is 5.69 Å². The number of likely N-dealkylation sites (N-methyl/N-ethyl adjacent to an activating group) is 1. The van der Waals surface area contributed by atoms with E-state index in [0.29, 0.717) is 24.6 Å². The summed E-state index contributed by atoms with van der Waals surface area (Å²) in [6, 6.07) is 3.48. The molecule has 18 heavy (non-hydrogen) atoms. The Morgan fingerprint density at radius 2 is 2.50 bits per heavy atom. The lowest BCUT2D eigenvalue weighted by molar-refractivity contribution is -0.0152. The Kier molecular flexibility index (Phi) is 4.28. The van der Waals surface area contributed by atoms with E-state index in [2.05, 4.69) is 16.8 Å². The predicted molar refractivity (Wildman–Crippen MR) is 67.0 cm³/mol. The summed E-state index contributed by atoms with van der Waals surface area (Å²) in [5.74, 6) is 0.394. The standard InChI is InChI=1S/C13H18N2O3/c1-3-15-7-8-18-11(9-15)13(16)12-10(17-2)5-4-6-14-12/h4-6,11H,3,7-9H2,1-2H3. The number of rotatable bonds is 4. The molecule has 1 unspecified atom stereocenters. The highest BCUT2D eigenvalue weighted by Gasteiger charge is 2.29. The van der Waals surface area contributed by atoms with E-state index >= 15 is 0 Å². The van der Waals surface area contributed by atoms with Crippen LogP contribution in [0.15, 0.2) is 18.3 Å². The Hall–Kier alpha value is -1.46. The van der Waals surface area contributed by atoms with Gasteiger partial charge in [0.25, 0.3) is 0 Å². The van der Waals surface area contributed by atoms with E-state index in [9.17, 15) is 4.79 Å². The third-order valence-electron chi connectivity index (χ3n) is 3.11. The minimum absolute atomic E-state index is 0.106. The van der Waals surface area contributed by atoms with Crippen molar-refractivity contribution < 1.29 is 14.3 Å². The Morgan fingerprint density at radius 1 is 1.67 bits per heavy atom. The summed E-state index contributed by atoms with van der Waals surface area (Å²) in [7, 11) is 1.54. The van der Waals surface area contributed by atoms with Gasteiger partial charge in [0.1, 0.15) is 11.9 Å². The van der Waals surface area contributed by atoms with Gasteiger partial charge < -0.3 is 9.47 Å². The molecule has 0 saturated carbocycles. The smallest absolute Gasteiger partial charge is 0.214 e. The zero-order valence-electron chi connectivity index (χ0n) is 10.8. The van der Waals surface area contributed by atoms with Crippen LogP contribution in [0.2, 0.25) is 0 Å². The van der Waals surface area contributed by atoms with Crippen LogP contribution in [-0.2, 0) is 4.74 Å². The number of carbonyl (C=O) groups excluding carboxylic acids is 1. The Bertz CT molecular complexity index is 422. The molecule has 5 heteroatoms. The number of carbonyl (C=O) groups is 1. The molecule has 1 saturated heterocycles. The van der Waals surface area contributed by atoms with Crippen molar-refractivity contribution in [3.8, 4) is 5.75 Å². The minimum atomic E-state index is -0.442. The maximum absolute atomic E-state index is 12.3. The molecule has 1 aliphatic rings. The van der Waals surface area contributed by atoms with Gasteiger partial charge in [-0.3, -0.25) is 9.69 Å². The molecule has 1 fully saturated rings. The summed E-state index contributed by atoms with van der Waals surface area (Å²) < 4.78 is 10.7. The number of pyridine rings is 1. The molecule has 0 radical (unpaired) electrons. The number of nitrogens with zero attached hydrogens (tertiary/aromatic N) is 2. The van der Waals surface area contributed by atoms with Crippen LogP contribution in [0.3, 0.4) is 0 Å². The fourth-order valence-corrected chi connectivity index (χ4v) is 2.04. The Morgan fingerprint density at radius 3 is 3.22 bits per heavy atom. The first-order valence-electron chi connectivity index (χ1n) is 6.13. The van der Waals surface area contributed by atoms with Gasteiger partial charge in [-0.2, -0.15) is 0 Å². The number of methoxy groups -OCH3 is 1. The van der Waals surface area contributed by atoms with Crippen molar-refractivity contribution in [3.05, 3.63) is 24.0 Å². The number of hydrogen-bond donors (Lipinski definition) is 0. The van der Waals surface area contributed by atoms with Gasteiger partial charge in [0.2, 0.25) is 5.78 Å². The topological polar surface area (TPSA) is 51.7 Å². The molecular weight excluding hydrogens is 232 g/mol. The molecule has 2 heterocycles. The molecule has 0 spiro atoms. The summed E-state index contributed by atoms with van der Waals surface area (Å²) in [6.07, 6.45) is 1.15. The summed E-state index contributed by atoms with van der Waals surface area (Å²) in [4.78, 5) is 18.6. The second-order valence-electron chi connectivity index (χ2n) is 4.17. The maximum atomic E-state index is 12.3. The Balaban J connectivity index is 2.15. The van der Waals surface area contributed by atoms with Gasteiger partial charge in [-0.25, -0.2) is 4.98 Å². The highest BCUT2D eigenvalue weighted by Crippen LogP contribution is 2.19. The number of ketones is 1. The Labute approximate surface area is 107 Å². The molecular formula is C13H18N2O3. The summed E-state index contributed by atoms with van der Waals surface area (Å²) in [6.45, 7) is 5.08. The quantitative estimate of drug-likeness (QED) is 0.746. The number of ether oxygens (including phenoxy) is 2. The minimum Gasteiger partial charge on any atom is -0.494 e. The normalized spacial score (nSPS) is 20.7. The molecule has 0 aromatic carbocycles. The summed E-state index contributed by atoms with van der Waals surface area (Å²) >= 11 is 0. The van der Waals surface area contributed by atoms with Crippen molar-refractivity contribution in [2.24, 2.45) is 0 Å². The van der Waals surface area contributed by atoms with E-state index < -0.39 is 6.10 Å². The van der Waals surface area contributed by atoms with Gasteiger partial charge in [-0.05, 0) is 18.7 Å². The molecule has 1 aliphatic heterocycles. The highest BCUT2D eigenvalue weighted by atomic mass is 16.5. The molecule has 2 rings (SSSR count). The van der Waals surface area contributed by atoms with Crippen molar-refractivity contribution in [2.75, 3.05) is 33.4 Å². The van der Waals surface area contributed by atoms with Crippen molar-refractivity contribution in [2.45, 2.75) is 13.0 Å². The van der Waals surface area contributed by atoms with Gasteiger partial charge in [-0.1, -0.05) is 6.92 Å². The lowest BCUT2D eigenvalue weighted by Crippen LogP contribution is -2.46. The molecule has 1 aromatic heterocycles. The number of morpholine rings is 1. The van der Waals surface area contributed by atoms with Crippen molar-refractivity contribution in [1.29, 1.82) is 0 Å². The van der Waals surface area contributed by atoms with Gasteiger partial charge >= 0.3 is 0 Å². The van der Waals surface area contributed by atoms with E-state index in [1.807, 2.05) is 0 Å². The lowest BCUT2D eigenvalue weighted by atomic mass is 10.1. The van der Waals surface area contributed by atoms with Crippen molar-refractivity contribution in [3.63, 3.8) is 0 Å². The molecule has 1 atom stereocenters. The first-order valence-corrected chi connectivity index (χ1v) is 6.13. The second kappa shape index (κ2) is 5.93. The van der Waals surface area contributed by atoms with Gasteiger partial charge in [-0.15, -0.1) is 0 Å². The van der Waals surface area contributed by atoms with E-state index in [1.165, 1.54) is 7.11 Å². The van der Waals surface area contributed by atoms with Crippen LogP contribution in [0, 0.1) is 0 Å². The van der Waals surface area contributed by atoms with Gasteiger partial charge in [0, 0.05) is 19.3 Å². The van der Waals surface area contributed by atoms with Crippen LogP contribution < -0.4 is 4.74 Å². The zero-order valence-corrected chi connectivity index (χ0v) is 10.8. The molecule has 5 nitrogen and oxygen atoms in total. The highest BCUT2D eigenvalue weighted by molar-refractivity contribution is 6.00. The van der Waals surface area contributed by atoms with Crippen LogP contribution in [0.5, 0.6) is 5.75 Å². The fraction of sp³-hybridized carbons (Fsp3) is 0.538. The average molecular weight is 250 g/mol. The third-order valence-corrected chi connectivity index (χ3v) is 3.11. The second-order valence-corrected chi connectivity index (χ2v) is 4.17. The molecule has 0 aliphatic carbocycles. The van der Waals surface area contributed by atoms with Crippen molar-refractivity contribution >= 4 is 5.78 Å². The molecule has 0 bridgehead atoms. The van der Waals surface area contributed by atoms with E-state index in [4.69, 9.17) is 9.47 Å². The van der Waals surface area contributed by atoms with Gasteiger partial charge in [0.05, 0.1) is 13.7 Å². The average Bonchev–Trinajstić information content (AvgIpc) is 2.46. The fourth-order valence-electron chi connectivity index (χ4n) is 2.04. The van der Waals surface area contributed by atoms with Crippen molar-refractivity contribution in [1.82, 2.24) is 9.88 Å². The molecule has 0 N–H and O–H groups in total. The van der Waals surface area contributed by atoms with E-state index in [-0.39, 0.29) is 5.78 Å². The number of Topliss-reactive ketones (excluding diaryl/α,β-unsaturated/α-hetero) is 1. The first-order chi connectivity index (χ1) is 8.76. The van der Waals surface area contributed by atoms with Crippen LogP contribution in [0.4, 0.5) is 0 Å². The largest absolute Gasteiger partial charge is 0.494 e. The molecule has 98 valence electrons. The summed E-state index contributed by atoms with van der Waals surface area (Å²) in [5.41, 5.74) is 0.350. The SMILES string of the molecule is CCN1CCOC(C(=O)c2ncccc2OC)C1. The number of hydrogen-bond acceptors (Lipinski definition) is 5. The number of aromatic nitrogens is 1. The van der Waals surface area contributed by atoms with E-state index in [1.54, 1.807) is 18.3 Å². The first kappa shape index (κ1) is 13.0. The monoisotopic (exact) mass is 250 g/mol.